The molecule has 0 saturated carbocycles. The van der Waals surface area contributed by atoms with Gasteiger partial charge in [-0.2, -0.15) is 10.4 Å². The first-order valence-electron chi connectivity index (χ1n) is 9.75. The molecule has 1 amide bonds. The highest BCUT2D eigenvalue weighted by molar-refractivity contribution is 5.94. The second-order valence-corrected chi connectivity index (χ2v) is 6.93. The van der Waals surface area contributed by atoms with Crippen LogP contribution in [0.15, 0.2) is 96.1 Å². The van der Waals surface area contributed by atoms with Crippen LogP contribution in [-0.4, -0.2) is 12.1 Å². The Morgan fingerprint density at radius 1 is 0.935 bits per heavy atom. The standard InChI is InChI=1S/C26H19N3O2/c27-16-19-5-7-20(8-6-19)17-28-29-26(30)23-11-9-21(10-12-23)18-31-25-14-13-22-3-1-2-4-24(22)15-25/h1-15,17H,18H2,(H,29,30). The van der Waals surface area contributed by atoms with E-state index in [4.69, 9.17) is 10.00 Å². The van der Waals surface area contributed by atoms with E-state index in [0.29, 0.717) is 17.7 Å². The molecule has 0 unspecified atom stereocenters. The molecule has 0 radical (unpaired) electrons. The van der Waals surface area contributed by atoms with Crippen LogP contribution in [0, 0.1) is 11.3 Å². The lowest BCUT2D eigenvalue weighted by Gasteiger charge is -2.08. The Hall–Kier alpha value is -4.43. The molecule has 1 N–H and O–H groups in total. The highest BCUT2D eigenvalue weighted by Gasteiger charge is 2.05. The molecular weight excluding hydrogens is 386 g/mol. The van der Waals surface area contributed by atoms with Gasteiger partial charge in [0.2, 0.25) is 0 Å². The van der Waals surface area contributed by atoms with Gasteiger partial charge in [0.1, 0.15) is 12.4 Å². The van der Waals surface area contributed by atoms with Crippen LogP contribution in [0.1, 0.15) is 27.0 Å². The highest BCUT2D eigenvalue weighted by Crippen LogP contribution is 2.21. The van der Waals surface area contributed by atoms with Crippen LogP contribution < -0.4 is 10.2 Å². The maximum atomic E-state index is 12.3. The number of nitriles is 1. The zero-order valence-corrected chi connectivity index (χ0v) is 16.7. The van der Waals surface area contributed by atoms with Crippen molar-refractivity contribution in [3.63, 3.8) is 0 Å². The topological polar surface area (TPSA) is 74.5 Å². The number of carbonyl (C=O) groups is 1. The first-order valence-corrected chi connectivity index (χ1v) is 9.75. The molecule has 4 rings (SSSR count). The zero-order chi connectivity index (χ0) is 21.5. The van der Waals surface area contributed by atoms with Crippen molar-refractivity contribution in [3.05, 3.63) is 113 Å². The van der Waals surface area contributed by atoms with Crippen LogP contribution in [0.5, 0.6) is 5.75 Å². The van der Waals surface area contributed by atoms with Crippen LogP contribution in [0.4, 0.5) is 0 Å². The van der Waals surface area contributed by atoms with Gasteiger partial charge in [0.15, 0.2) is 0 Å². The van der Waals surface area contributed by atoms with Crippen molar-refractivity contribution in [1.82, 2.24) is 5.43 Å². The van der Waals surface area contributed by atoms with Crippen molar-refractivity contribution in [3.8, 4) is 11.8 Å². The molecule has 0 aliphatic rings. The number of hydrazone groups is 1. The Bertz CT molecular complexity index is 1270. The fourth-order valence-electron chi connectivity index (χ4n) is 3.05. The minimum Gasteiger partial charge on any atom is -0.489 e. The molecule has 0 aliphatic carbocycles. The van der Waals surface area contributed by atoms with E-state index < -0.39 is 0 Å². The quantitative estimate of drug-likeness (QED) is 0.360. The molecule has 0 bridgehead atoms. The Balaban J connectivity index is 1.31. The summed E-state index contributed by atoms with van der Waals surface area (Å²) < 4.78 is 5.89. The maximum Gasteiger partial charge on any atom is 0.271 e. The van der Waals surface area contributed by atoms with Gasteiger partial charge in [0, 0.05) is 5.56 Å². The van der Waals surface area contributed by atoms with E-state index >= 15 is 0 Å². The summed E-state index contributed by atoms with van der Waals surface area (Å²) in [6.07, 6.45) is 1.53. The number of hydrogen-bond donors (Lipinski definition) is 1. The van der Waals surface area contributed by atoms with E-state index in [-0.39, 0.29) is 5.91 Å². The van der Waals surface area contributed by atoms with Crippen molar-refractivity contribution < 1.29 is 9.53 Å². The molecule has 0 saturated heterocycles. The van der Waals surface area contributed by atoms with Crippen LogP contribution in [-0.2, 0) is 6.61 Å². The lowest BCUT2D eigenvalue weighted by Crippen LogP contribution is -2.17. The Morgan fingerprint density at radius 3 is 2.42 bits per heavy atom. The largest absolute Gasteiger partial charge is 0.489 e. The molecule has 31 heavy (non-hydrogen) atoms. The third kappa shape index (κ3) is 5.14. The highest BCUT2D eigenvalue weighted by atomic mass is 16.5. The van der Waals surface area contributed by atoms with Gasteiger partial charge in [-0.15, -0.1) is 0 Å². The van der Waals surface area contributed by atoms with E-state index in [1.165, 1.54) is 11.6 Å². The first kappa shape index (κ1) is 19.9. The van der Waals surface area contributed by atoms with E-state index in [1.807, 2.05) is 42.5 Å². The molecule has 0 atom stereocenters. The van der Waals surface area contributed by atoms with Gasteiger partial charge in [0.25, 0.3) is 5.91 Å². The van der Waals surface area contributed by atoms with Crippen molar-refractivity contribution in [2.75, 3.05) is 0 Å². The number of nitrogens with zero attached hydrogens (tertiary/aromatic N) is 2. The molecule has 5 heteroatoms. The predicted molar refractivity (Wildman–Crippen MR) is 121 cm³/mol. The molecule has 0 spiro atoms. The third-order valence-corrected chi connectivity index (χ3v) is 4.76. The SMILES string of the molecule is N#Cc1ccc(C=NNC(=O)c2ccc(COc3ccc4ccccc4c3)cc2)cc1. The first-order chi connectivity index (χ1) is 15.2. The molecule has 150 valence electrons. The molecule has 4 aromatic carbocycles. The fraction of sp³-hybridized carbons (Fsp3) is 0.0385. The van der Waals surface area contributed by atoms with Gasteiger partial charge in [-0.05, 0) is 58.3 Å². The van der Waals surface area contributed by atoms with E-state index in [0.717, 1.165) is 22.3 Å². The van der Waals surface area contributed by atoms with Gasteiger partial charge in [-0.3, -0.25) is 4.79 Å². The number of benzene rings is 4. The van der Waals surface area contributed by atoms with Crippen molar-refractivity contribution in [2.45, 2.75) is 6.61 Å². The lowest BCUT2D eigenvalue weighted by atomic mass is 10.1. The van der Waals surface area contributed by atoms with Crippen LogP contribution in [0.3, 0.4) is 0 Å². The molecule has 0 aliphatic heterocycles. The van der Waals surface area contributed by atoms with Gasteiger partial charge in [-0.25, -0.2) is 5.43 Å². The number of nitrogens with one attached hydrogen (secondary N) is 1. The van der Waals surface area contributed by atoms with Crippen molar-refractivity contribution >= 4 is 22.9 Å². The van der Waals surface area contributed by atoms with Gasteiger partial charge in [-0.1, -0.05) is 54.6 Å². The van der Waals surface area contributed by atoms with Gasteiger partial charge < -0.3 is 4.74 Å². The smallest absolute Gasteiger partial charge is 0.271 e. The normalized spacial score (nSPS) is 10.7. The monoisotopic (exact) mass is 405 g/mol. The number of hydrogen-bond acceptors (Lipinski definition) is 4. The Morgan fingerprint density at radius 2 is 1.68 bits per heavy atom. The Kier molecular flexibility index (Phi) is 6.01. The summed E-state index contributed by atoms with van der Waals surface area (Å²) >= 11 is 0. The summed E-state index contributed by atoms with van der Waals surface area (Å²) in [5.41, 5.74) is 5.34. The van der Waals surface area contributed by atoms with Gasteiger partial charge in [0.05, 0.1) is 17.8 Å². The second-order valence-electron chi connectivity index (χ2n) is 6.93. The number of carbonyl (C=O) groups excluding carboxylic acids is 1. The molecule has 5 nitrogen and oxygen atoms in total. The summed E-state index contributed by atoms with van der Waals surface area (Å²) in [5, 5.41) is 15.1. The minimum absolute atomic E-state index is 0.299. The summed E-state index contributed by atoms with van der Waals surface area (Å²) in [4.78, 5) is 12.3. The van der Waals surface area contributed by atoms with Crippen LogP contribution in [0.2, 0.25) is 0 Å². The number of fused-ring (bicyclic) bond motifs is 1. The average molecular weight is 405 g/mol. The van der Waals surface area contributed by atoms with Crippen molar-refractivity contribution in [2.24, 2.45) is 5.10 Å². The Labute approximate surface area is 180 Å². The lowest BCUT2D eigenvalue weighted by molar-refractivity contribution is 0.0955. The van der Waals surface area contributed by atoms with E-state index in [9.17, 15) is 4.79 Å². The second kappa shape index (κ2) is 9.38. The predicted octanol–water partition coefficient (Wildman–Crippen LogP) is 5.05. The minimum atomic E-state index is -0.299. The number of ether oxygens (including phenoxy) is 1. The number of rotatable bonds is 6. The third-order valence-electron chi connectivity index (χ3n) is 4.76. The number of amides is 1. The molecule has 0 fully saturated rings. The molecule has 0 heterocycles. The van der Waals surface area contributed by atoms with E-state index in [2.05, 4.69) is 28.7 Å². The van der Waals surface area contributed by atoms with Crippen molar-refractivity contribution in [1.29, 1.82) is 5.26 Å². The zero-order valence-electron chi connectivity index (χ0n) is 16.7. The fourth-order valence-corrected chi connectivity index (χ4v) is 3.05. The van der Waals surface area contributed by atoms with Gasteiger partial charge >= 0.3 is 0 Å². The summed E-state index contributed by atoms with van der Waals surface area (Å²) in [5.74, 6) is 0.504. The summed E-state index contributed by atoms with van der Waals surface area (Å²) in [6.45, 7) is 0.414. The summed E-state index contributed by atoms with van der Waals surface area (Å²) in [7, 11) is 0. The molecular formula is C26H19N3O2. The van der Waals surface area contributed by atoms with E-state index in [1.54, 1.807) is 36.4 Å². The summed E-state index contributed by atoms with van der Waals surface area (Å²) in [6, 6.07) is 30.3. The van der Waals surface area contributed by atoms with Crippen LogP contribution in [0.25, 0.3) is 10.8 Å². The molecule has 0 aromatic heterocycles. The van der Waals surface area contributed by atoms with Crippen LogP contribution >= 0.6 is 0 Å². The maximum absolute atomic E-state index is 12.3. The average Bonchev–Trinajstić information content (AvgIpc) is 2.83. The molecule has 4 aromatic rings.